The number of rotatable bonds is 27. The van der Waals surface area contributed by atoms with Gasteiger partial charge in [-0.25, -0.2) is 0 Å². The zero-order chi connectivity index (χ0) is 30.0. The summed E-state index contributed by atoms with van der Waals surface area (Å²) >= 11 is 0. The Morgan fingerprint density at radius 1 is 0.675 bits per heavy atom. The monoisotopic (exact) mass is 568 g/mol. The van der Waals surface area contributed by atoms with Crippen molar-refractivity contribution in [3.05, 3.63) is 0 Å². The number of methoxy groups -OCH3 is 1. The van der Waals surface area contributed by atoms with E-state index in [1.165, 1.54) is 32.8 Å². The molecule has 236 valence electrons. The van der Waals surface area contributed by atoms with Crippen molar-refractivity contribution < 1.29 is 23.9 Å². The third kappa shape index (κ3) is 22.1. The maximum atomic E-state index is 13.5. The molecule has 0 aliphatic carbocycles. The summed E-state index contributed by atoms with van der Waals surface area (Å²) in [6, 6.07) is 0.213. The number of hydrogen-bond acceptors (Lipinski definition) is 6. The van der Waals surface area contributed by atoms with E-state index in [4.69, 9.17) is 9.47 Å². The largest absolute Gasteiger partial charge is 0.469 e. The van der Waals surface area contributed by atoms with Gasteiger partial charge in [-0.3, -0.25) is 14.4 Å². The molecule has 0 heterocycles. The van der Waals surface area contributed by atoms with Gasteiger partial charge in [0.15, 0.2) is 0 Å². The van der Waals surface area contributed by atoms with Crippen molar-refractivity contribution in [2.75, 3.05) is 40.9 Å². The van der Waals surface area contributed by atoms with E-state index in [-0.39, 0.29) is 18.0 Å². The molecule has 2 atom stereocenters. The molecule has 0 fully saturated rings. The first-order chi connectivity index (χ1) is 19.2. The number of unbranched alkanes of at least 4 members (excludes halogenated alkanes) is 9. The Labute approximate surface area is 247 Å². The second kappa shape index (κ2) is 26.3. The fraction of sp³-hybridized carbons (Fsp3) is 0.909. The maximum absolute atomic E-state index is 13.5. The summed E-state index contributed by atoms with van der Waals surface area (Å²) in [5, 5.41) is 0. The topological polar surface area (TPSA) is 76.2 Å². The first-order valence-electron chi connectivity index (χ1n) is 16.4. The molecular weight excluding hydrogens is 504 g/mol. The van der Waals surface area contributed by atoms with Gasteiger partial charge in [0.2, 0.25) is 5.91 Å². The van der Waals surface area contributed by atoms with Crippen LogP contribution >= 0.6 is 0 Å². The average Bonchev–Trinajstić information content (AvgIpc) is 2.94. The lowest BCUT2D eigenvalue weighted by Crippen LogP contribution is -2.41. The van der Waals surface area contributed by atoms with Crippen molar-refractivity contribution in [2.45, 2.75) is 149 Å². The highest BCUT2D eigenvalue weighted by atomic mass is 16.5. The Bertz CT molecular complexity index is 640. The second-order valence-corrected chi connectivity index (χ2v) is 11.9. The van der Waals surface area contributed by atoms with Crippen LogP contribution in [0, 0.1) is 5.92 Å². The lowest BCUT2D eigenvalue weighted by Gasteiger charge is -2.33. The third-order valence-electron chi connectivity index (χ3n) is 7.80. The molecular formula is C33H64N2O5. The maximum Gasteiger partial charge on any atom is 0.305 e. The van der Waals surface area contributed by atoms with E-state index in [0.29, 0.717) is 37.7 Å². The molecule has 0 aromatic carbocycles. The fourth-order valence-electron chi connectivity index (χ4n) is 4.90. The van der Waals surface area contributed by atoms with Gasteiger partial charge in [-0.15, -0.1) is 0 Å². The molecule has 0 rings (SSSR count). The van der Waals surface area contributed by atoms with Crippen molar-refractivity contribution in [3.8, 4) is 0 Å². The van der Waals surface area contributed by atoms with Crippen LogP contribution in [0.3, 0.4) is 0 Å². The molecule has 0 aliphatic rings. The van der Waals surface area contributed by atoms with Crippen LogP contribution in [0.15, 0.2) is 0 Å². The van der Waals surface area contributed by atoms with E-state index in [2.05, 4.69) is 44.7 Å². The van der Waals surface area contributed by atoms with Crippen molar-refractivity contribution >= 4 is 17.8 Å². The Hall–Kier alpha value is -1.63. The summed E-state index contributed by atoms with van der Waals surface area (Å²) in [6.45, 7) is 8.70. The highest BCUT2D eigenvalue weighted by molar-refractivity contribution is 5.76. The molecule has 0 radical (unpaired) electrons. The number of hydrogen-bond donors (Lipinski definition) is 0. The Balaban J connectivity index is 5.02. The Morgan fingerprint density at radius 2 is 1.23 bits per heavy atom. The van der Waals surface area contributed by atoms with Crippen LogP contribution in [-0.4, -0.2) is 74.6 Å². The van der Waals surface area contributed by atoms with Gasteiger partial charge in [0, 0.05) is 31.8 Å². The molecule has 0 bridgehead atoms. The van der Waals surface area contributed by atoms with E-state index in [0.717, 1.165) is 90.1 Å². The summed E-state index contributed by atoms with van der Waals surface area (Å²) in [5.41, 5.74) is 0. The number of carbonyl (C=O) groups is 3. The number of ether oxygens (including phenoxy) is 2. The second-order valence-electron chi connectivity index (χ2n) is 11.9. The SMILES string of the molecule is CCCCCCCCC(=O)N(CCCN(C)C)C(CCCCCC(=O)OC)CCCCCC(=O)OCC(C)CC. The number of amides is 1. The summed E-state index contributed by atoms with van der Waals surface area (Å²) < 4.78 is 10.2. The van der Waals surface area contributed by atoms with Crippen molar-refractivity contribution in [1.29, 1.82) is 0 Å². The average molecular weight is 569 g/mol. The fourth-order valence-corrected chi connectivity index (χ4v) is 4.90. The van der Waals surface area contributed by atoms with Crippen LogP contribution in [0.1, 0.15) is 143 Å². The number of carbonyl (C=O) groups excluding carboxylic acids is 3. The molecule has 2 unspecified atom stereocenters. The summed E-state index contributed by atoms with van der Waals surface area (Å²) in [6.07, 6.45) is 18.1. The quantitative estimate of drug-likeness (QED) is 0.0752. The van der Waals surface area contributed by atoms with E-state index in [9.17, 15) is 14.4 Å². The van der Waals surface area contributed by atoms with E-state index in [1.807, 2.05) is 0 Å². The molecule has 0 saturated heterocycles. The van der Waals surface area contributed by atoms with E-state index in [1.54, 1.807) is 0 Å². The molecule has 0 aromatic rings. The lowest BCUT2D eigenvalue weighted by atomic mass is 9.98. The normalized spacial score (nSPS) is 12.8. The van der Waals surface area contributed by atoms with Gasteiger partial charge in [-0.1, -0.05) is 85.0 Å². The van der Waals surface area contributed by atoms with Crippen LogP contribution in [0.2, 0.25) is 0 Å². The zero-order valence-electron chi connectivity index (χ0n) is 27.1. The number of nitrogens with zero attached hydrogens (tertiary/aromatic N) is 2. The van der Waals surface area contributed by atoms with Gasteiger partial charge >= 0.3 is 11.9 Å². The first-order valence-corrected chi connectivity index (χ1v) is 16.4. The zero-order valence-corrected chi connectivity index (χ0v) is 27.1. The summed E-state index contributed by atoms with van der Waals surface area (Å²) in [5.74, 6) is 0.452. The summed E-state index contributed by atoms with van der Waals surface area (Å²) in [4.78, 5) is 41.4. The van der Waals surface area contributed by atoms with Crippen LogP contribution in [0.25, 0.3) is 0 Å². The molecule has 40 heavy (non-hydrogen) atoms. The van der Waals surface area contributed by atoms with Crippen molar-refractivity contribution in [3.63, 3.8) is 0 Å². The predicted molar refractivity (Wildman–Crippen MR) is 165 cm³/mol. The minimum absolute atomic E-state index is 0.0955. The number of esters is 2. The molecule has 0 aromatic heterocycles. The molecule has 0 N–H and O–H groups in total. The molecule has 0 spiro atoms. The Kier molecular flexibility index (Phi) is 25.2. The first kappa shape index (κ1) is 38.4. The van der Waals surface area contributed by atoms with Crippen LogP contribution in [0.5, 0.6) is 0 Å². The van der Waals surface area contributed by atoms with Gasteiger partial charge in [0.25, 0.3) is 0 Å². The Morgan fingerprint density at radius 3 is 1.80 bits per heavy atom. The minimum Gasteiger partial charge on any atom is -0.469 e. The van der Waals surface area contributed by atoms with Crippen molar-refractivity contribution in [2.24, 2.45) is 5.92 Å². The third-order valence-corrected chi connectivity index (χ3v) is 7.80. The standard InChI is InChI=1S/C33H64N2O5/c1-7-9-10-11-12-17-23-31(36)35(27-20-26-34(4)5)30(21-15-13-18-24-32(37)39-6)22-16-14-19-25-33(38)40-28-29(3)8-2/h29-30H,7-28H2,1-6H3. The highest BCUT2D eigenvalue weighted by Crippen LogP contribution is 2.21. The van der Waals surface area contributed by atoms with E-state index >= 15 is 0 Å². The van der Waals surface area contributed by atoms with Gasteiger partial charge in [-0.05, 0) is 65.1 Å². The molecule has 7 nitrogen and oxygen atoms in total. The van der Waals surface area contributed by atoms with Gasteiger partial charge in [-0.2, -0.15) is 0 Å². The minimum atomic E-state index is -0.154. The lowest BCUT2D eigenvalue weighted by molar-refractivity contribution is -0.145. The van der Waals surface area contributed by atoms with Crippen LogP contribution in [0.4, 0.5) is 0 Å². The van der Waals surface area contributed by atoms with Crippen LogP contribution < -0.4 is 0 Å². The molecule has 1 amide bonds. The van der Waals surface area contributed by atoms with Gasteiger partial charge in [0.1, 0.15) is 0 Å². The predicted octanol–water partition coefficient (Wildman–Crippen LogP) is 7.55. The van der Waals surface area contributed by atoms with Gasteiger partial charge < -0.3 is 19.3 Å². The van der Waals surface area contributed by atoms with E-state index < -0.39 is 0 Å². The smallest absolute Gasteiger partial charge is 0.305 e. The molecule has 0 saturated carbocycles. The van der Waals surface area contributed by atoms with Crippen molar-refractivity contribution in [1.82, 2.24) is 9.80 Å². The van der Waals surface area contributed by atoms with Crippen LogP contribution in [-0.2, 0) is 23.9 Å². The summed E-state index contributed by atoms with van der Waals surface area (Å²) in [7, 11) is 5.59. The molecule has 0 aliphatic heterocycles. The highest BCUT2D eigenvalue weighted by Gasteiger charge is 2.23. The molecule has 7 heteroatoms. The van der Waals surface area contributed by atoms with Gasteiger partial charge in [0.05, 0.1) is 13.7 Å².